The zero-order valence-corrected chi connectivity index (χ0v) is 9.06. The number of aliphatic hydroxyl groups is 2. The highest BCUT2D eigenvalue weighted by molar-refractivity contribution is 5.81. The Balaban J connectivity index is 2.10. The smallest absolute Gasteiger partial charge is 0.165 e. The van der Waals surface area contributed by atoms with Gasteiger partial charge in [0.15, 0.2) is 11.5 Å². The lowest BCUT2D eigenvalue weighted by atomic mass is 10.2. The molecule has 7 heteroatoms. The predicted octanol–water partition coefficient (Wildman–Crippen LogP) is -0.535. The van der Waals surface area contributed by atoms with Crippen molar-refractivity contribution in [3.05, 3.63) is 12.7 Å². The van der Waals surface area contributed by atoms with Crippen LogP contribution in [0.4, 0.5) is 5.82 Å². The number of nitrogens with two attached hydrogens (primary N) is 1. The molecule has 1 saturated carbocycles. The van der Waals surface area contributed by atoms with Crippen molar-refractivity contribution in [2.24, 2.45) is 0 Å². The Morgan fingerprint density at radius 2 is 2.06 bits per heavy atom. The van der Waals surface area contributed by atoms with Gasteiger partial charge in [0.1, 0.15) is 17.9 Å². The summed E-state index contributed by atoms with van der Waals surface area (Å²) < 4.78 is 1.76. The lowest BCUT2D eigenvalue weighted by Crippen LogP contribution is -2.26. The highest BCUT2D eigenvalue weighted by atomic mass is 16.3. The van der Waals surface area contributed by atoms with E-state index >= 15 is 0 Å². The quantitative estimate of drug-likeness (QED) is 0.612. The molecule has 0 aromatic carbocycles. The first-order valence-electron chi connectivity index (χ1n) is 5.47. The van der Waals surface area contributed by atoms with Crippen molar-refractivity contribution < 1.29 is 10.2 Å². The van der Waals surface area contributed by atoms with Crippen LogP contribution in [-0.2, 0) is 0 Å². The molecule has 4 N–H and O–H groups in total. The number of fused-ring (bicyclic) bond motifs is 1. The summed E-state index contributed by atoms with van der Waals surface area (Å²) in [5.74, 6) is 0.321. The summed E-state index contributed by atoms with van der Waals surface area (Å²) in [4.78, 5) is 12.1. The molecule has 1 aliphatic rings. The topological polar surface area (TPSA) is 110 Å². The van der Waals surface area contributed by atoms with E-state index in [1.165, 1.54) is 6.33 Å². The van der Waals surface area contributed by atoms with E-state index in [-0.39, 0.29) is 6.04 Å². The van der Waals surface area contributed by atoms with E-state index in [9.17, 15) is 10.2 Å². The minimum atomic E-state index is -0.788. The maximum Gasteiger partial charge on any atom is 0.165 e. The summed E-state index contributed by atoms with van der Waals surface area (Å²) in [6.45, 7) is 0. The number of hydrogen-bond acceptors (Lipinski definition) is 6. The van der Waals surface area contributed by atoms with Crippen molar-refractivity contribution in [2.45, 2.75) is 31.1 Å². The Bertz CT molecular complexity index is 555. The van der Waals surface area contributed by atoms with Crippen LogP contribution < -0.4 is 5.73 Å². The molecule has 0 saturated heterocycles. The van der Waals surface area contributed by atoms with Crippen molar-refractivity contribution in [3.63, 3.8) is 0 Å². The Kier molecular flexibility index (Phi) is 2.23. The third-order valence-corrected chi connectivity index (χ3v) is 3.29. The van der Waals surface area contributed by atoms with E-state index in [1.807, 2.05) is 0 Å². The molecule has 0 spiro atoms. The fourth-order valence-corrected chi connectivity index (χ4v) is 2.36. The van der Waals surface area contributed by atoms with E-state index in [2.05, 4.69) is 15.0 Å². The molecule has 0 amide bonds. The van der Waals surface area contributed by atoms with Crippen LogP contribution in [0, 0.1) is 0 Å². The predicted molar refractivity (Wildman–Crippen MR) is 60.0 cm³/mol. The van der Waals surface area contributed by atoms with Gasteiger partial charge < -0.3 is 20.5 Å². The molecule has 0 bridgehead atoms. The molecule has 2 aromatic heterocycles. The summed E-state index contributed by atoms with van der Waals surface area (Å²) in [6.07, 6.45) is 2.75. The van der Waals surface area contributed by atoms with Gasteiger partial charge in [-0.15, -0.1) is 0 Å². The van der Waals surface area contributed by atoms with Crippen LogP contribution in [0.5, 0.6) is 0 Å². The average molecular weight is 235 g/mol. The minimum Gasteiger partial charge on any atom is -0.390 e. The van der Waals surface area contributed by atoms with Gasteiger partial charge in [-0.2, -0.15) is 0 Å². The van der Waals surface area contributed by atoms with E-state index < -0.39 is 12.2 Å². The van der Waals surface area contributed by atoms with Crippen molar-refractivity contribution in [2.75, 3.05) is 5.73 Å². The van der Waals surface area contributed by atoms with Gasteiger partial charge >= 0.3 is 0 Å². The van der Waals surface area contributed by atoms with Crippen LogP contribution in [0.3, 0.4) is 0 Å². The standard InChI is InChI=1S/C10H13N5O2/c11-9-7-10(13-3-12-9)15(4-14-7)5-1-2-6(16)8(5)17/h3-6,8,16-17H,1-2H2,(H2,11,12,13)/t5-,6-,8?/m1/s1. The van der Waals surface area contributed by atoms with E-state index in [0.29, 0.717) is 29.8 Å². The van der Waals surface area contributed by atoms with Crippen LogP contribution in [0.25, 0.3) is 11.2 Å². The fourth-order valence-electron chi connectivity index (χ4n) is 2.36. The second kappa shape index (κ2) is 3.64. The third-order valence-electron chi connectivity index (χ3n) is 3.29. The molecule has 0 radical (unpaired) electrons. The van der Waals surface area contributed by atoms with Crippen LogP contribution in [0.2, 0.25) is 0 Å². The minimum absolute atomic E-state index is 0.204. The molecule has 3 atom stereocenters. The average Bonchev–Trinajstić information content (AvgIpc) is 2.86. The van der Waals surface area contributed by atoms with Gasteiger partial charge in [0.05, 0.1) is 18.5 Å². The van der Waals surface area contributed by atoms with E-state index in [0.717, 1.165) is 0 Å². The van der Waals surface area contributed by atoms with Crippen molar-refractivity contribution in [1.82, 2.24) is 19.5 Å². The summed E-state index contributed by atoms with van der Waals surface area (Å²) in [5, 5.41) is 19.4. The monoisotopic (exact) mass is 235 g/mol. The van der Waals surface area contributed by atoms with Crippen LogP contribution in [0.15, 0.2) is 12.7 Å². The molecule has 17 heavy (non-hydrogen) atoms. The van der Waals surface area contributed by atoms with Crippen molar-refractivity contribution in [1.29, 1.82) is 0 Å². The zero-order valence-electron chi connectivity index (χ0n) is 9.06. The van der Waals surface area contributed by atoms with Gasteiger partial charge in [-0.05, 0) is 12.8 Å². The number of hydrogen-bond donors (Lipinski definition) is 3. The van der Waals surface area contributed by atoms with Crippen LogP contribution >= 0.6 is 0 Å². The van der Waals surface area contributed by atoms with E-state index in [1.54, 1.807) is 10.9 Å². The second-order valence-electron chi connectivity index (χ2n) is 4.29. The third kappa shape index (κ3) is 1.47. The molecule has 1 fully saturated rings. The Hall–Kier alpha value is -1.73. The van der Waals surface area contributed by atoms with Crippen molar-refractivity contribution >= 4 is 17.0 Å². The zero-order chi connectivity index (χ0) is 12.0. The molecule has 7 nitrogen and oxygen atoms in total. The maximum atomic E-state index is 9.88. The van der Waals surface area contributed by atoms with Crippen LogP contribution in [-0.4, -0.2) is 41.9 Å². The number of nitrogens with zero attached hydrogens (tertiary/aromatic N) is 4. The van der Waals surface area contributed by atoms with Crippen LogP contribution in [0.1, 0.15) is 18.9 Å². The first-order chi connectivity index (χ1) is 8.18. The number of aromatic nitrogens is 4. The van der Waals surface area contributed by atoms with Gasteiger partial charge in [0.25, 0.3) is 0 Å². The van der Waals surface area contributed by atoms with Gasteiger partial charge in [-0.25, -0.2) is 15.0 Å². The lowest BCUT2D eigenvalue weighted by molar-refractivity contribution is 0.0241. The van der Waals surface area contributed by atoms with Gasteiger partial charge in [0, 0.05) is 0 Å². The normalized spacial score (nSPS) is 28.9. The summed E-state index contributed by atoms with van der Waals surface area (Å²) in [7, 11) is 0. The molecule has 3 rings (SSSR count). The molecule has 90 valence electrons. The number of anilines is 1. The van der Waals surface area contributed by atoms with Gasteiger partial charge in [-0.3, -0.25) is 0 Å². The molecular weight excluding hydrogens is 222 g/mol. The first kappa shape index (κ1) is 10.4. The molecule has 1 aliphatic carbocycles. The maximum absolute atomic E-state index is 9.88. The summed E-state index contributed by atoms with van der Waals surface area (Å²) in [5.41, 5.74) is 6.81. The highest BCUT2D eigenvalue weighted by Gasteiger charge is 2.35. The first-order valence-corrected chi connectivity index (χ1v) is 5.47. The molecular formula is C10H13N5O2. The molecule has 1 unspecified atom stereocenters. The number of rotatable bonds is 1. The SMILES string of the molecule is Nc1ncnc2c1ncn2[C@@H]1CC[C@@H](O)C1O. The van der Waals surface area contributed by atoms with Crippen molar-refractivity contribution in [3.8, 4) is 0 Å². The van der Waals surface area contributed by atoms with E-state index in [4.69, 9.17) is 5.73 Å². The van der Waals surface area contributed by atoms with Gasteiger partial charge in [-0.1, -0.05) is 0 Å². The Labute approximate surface area is 96.9 Å². The molecule has 0 aliphatic heterocycles. The molecule has 2 aromatic rings. The highest BCUT2D eigenvalue weighted by Crippen LogP contribution is 2.32. The largest absolute Gasteiger partial charge is 0.390 e. The second-order valence-corrected chi connectivity index (χ2v) is 4.29. The molecule has 2 heterocycles. The Morgan fingerprint density at radius 1 is 1.24 bits per heavy atom. The van der Waals surface area contributed by atoms with Gasteiger partial charge in [0.2, 0.25) is 0 Å². The fraction of sp³-hybridized carbons (Fsp3) is 0.500. The number of imidazole rings is 1. The number of aliphatic hydroxyl groups excluding tert-OH is 2. The summed E-state index contributed by atoms with van der Waals surface area (Å²) >= 11 is 0. The summed E-state index contributed by atoms with van der Waals surface area (Å²) in [6, 6.07) is -0.204. The number of nitrogen functional groups attached to an aromatic ring is 1. The Morgan fingerprint density at radius 3 is 2.76 bits per heavy atom. The lowest BCUT2D eigenvalue weighted by Gasteiger charge is -2.17.